The predicted molar refractivity (Wildman–Crippen MR) is 148 cm³/mol. The molecule has 0 bridgehead atoms. The first-order chi connectivity index (χ1) is 17.7. The van der Waals surface area contributed by atoms with Gasteiger partial charge in [-0.25, -0.2) is 0 Å². The number of hydrogen-bond acceptors (Lipinski definition) is 5. The van der Waals surface area contributed by atoms with Gasteiger partial charge in [0.15, 0.2) is 18.2 Å². The number of allylic oxidation sites excluding steroid dienone is 4. The minimum absolute atomic E-state index is 0.0211. The number of nitrogens with one attached hydrogen (secondary N) is 1. The van der Waals surface area contributed by atoms with Gasteiger partial charge in [-0.15, -0.1) is 0 Å². The lowest BCUT2D eigenvalue weighted by Gasteiger charge is -2.36. The van der Waals surface area contributed by atoms with Crippen molar-refractivity contribution in [2.24, 2.45) is 0 Å². The molecule has 0 aromatic heterocycles. The van der Waals surface area contributed by atoms with Gasteiger partial charge in [-0.05, 0) is 65.5 Å². The van der Waals surface area contributed by atoms with Gasteiger partial charge in [-0.2, -0.15) is 0 Å². The molecule has 3 aliphatic rings. The molecule has 0 atom stereocenters. The number of ketones is 2. The van der Waals surface area contributed by atoms with Crippen LogP contribution in [0.3, 0.4) is 0 Å². The zero-order valence-corrected chi connectivity index (χ0v) is 24.0. The Morgan fingerprint density at radius 2 is 1.68 bits per heavy atom. The number of Topliss-reactive ketones (excluding diaryl/α,β-unsaturated/α-hetero) is 2. The molecule has 1 aliphatic heterocycles. The SMILES string of the molecule is Cc1ccc(NC(=O)COc2c(Br)cc(Br)cc2C2C3=C(CCCC3=O)OC3=C2C(=O)CCC3)cc1Cl. The Bertz CT molecular complexity index is 1360. The van der Waals surface area contributed by atoms with Crippen LogP contribution in [0.2, 0.25) is 5.02 Å². The quantitative estimate of drug-likeness (QED) is 0.367. The number of carbonyl (C=O) groups is 3. The van der Waals surface area contributed by atoms with Gasteiger partial charge in [0.05, 0.1) is 10.4 Å². The highest BCUT2D eigenvalue weighted by molar-refractivity contribution is 9.11. The van der Waals surface area contributed by atoms with E-state index < -0.39 is 5.92 Å². The maximum Gasteiger partial charge on any atom is 0.262 e. The Balaban J connectivity index is 1.51. The van der Waals surface area contributed by atoms with Gasteiger partial charge in [0, 0.05) is 57.6 Å². The second-order valence-corrected chi connectivity index (χ2v) is 11.5. The lowest BCUT2D eigenvalue weighted by molar-refractivity contribution is -0.119. The van der Waals surface area contributed by atoms with Crippen molar-refractivity contribution >= 4 is 66.6 Å². The maximum absolute atomic E-state index is 13.2. The summed E-state index contributed by atoms with van der Waals surface area (Å²) < 4.78 is 13.6. The summed E-state index contributed by atoms with van der Waals surface area (Å²) in [6.45, 7) is 1.61. The van der Waals surface area contributed by atoms with E-state index in [4.69, 9.17) is 21.1 Å². The number of rotatable bonds is 5. The molecule has 6 nitrogen and oxygen atoms in total. The van der Waals surface area contributed by atoms with Crippen LogP contribution in [0.5, 0.6) is 5.75 Å². The van der Waals surface area contributed by atoms with Crippen molar-refractivity contribution in [3.63, 3.8) is 0 Å². The number of aryl methyl sites for hydroxylation is 1. The number of anilines is 1. The Kier molecular flexibility index (Phi) is 7.61. The lowest BCUT2D eigenvalue weighted by atomic mass is 9.73. The number of amides is 1. The highest BCUT2D eigenvalue weighted by Gasteiger charge is 2.43. The number of hydrogen-bond donors (Lipinski definition) is 1. The number of halogens is 3. The minimum Gasteiger partial charge on any atom is -0.482 e. The Morgan fingerprint density at radius 3 is 2.30 bits per heavy atom. The van der Waals surface area contributed by atoms with Crippen LogP contribution in [-0.4, -0.2) is 24.1 Å². The van der Waals surface area contributed by atoms with E-state index in [9.17, 15) is 14.4 Å². The monoisotopic (exact) mass is 647 g/mol. The molecule has 2 aromatic carbocycles. The molecule has 2 aliphatic carbocycles. The van der Waals surface area contributed by atoms with Gasteiger partial charge in [0.25, 0.3) is 5.91 Å². The van der Waals surface area contributed by atoms with Crippen LogP contribution in [0.25, 0.3) is 0 Å². The molecule has 0 spiro atoms. The topological polar surface area (TPSA) is 81.7 Å². The van der Waals surface area contributed by atoms with Crippen molar-refractivity contribution in [1.29, 1.82) is 0 Å². The van der Waals surface area contributed by atoms with E-state index in [1.807, 2.05) is 25.1 Å². The van der Waals surface area contributed by atoms with Gasteiger partial charge in [0.2, 0.25) is 0 Å². The molecule has 9 heteroatoms. The van der Waals surface area contributed by atoms with Crippen LogP contribution >= 0.6 is 43.5 Å². The van der Waals surface area contributed by atoms with Crippen LogP contribution in [0.4, 0.5) is 5.69 Å². The van der Waals surface area contributed by atoms with Crippen molar-refractivity contribution in [3.8, 4) is 5.75 Å². The van der Waals surface area contributed by atoms with Gasteiger partial charge in [-0.3, -0.25) is 14.4 Å². The zero-order valence-electron chi connectivity index (χ0n) is 20.1. The van der Waals surface area contributed by atoms with Gasteiger partial charge in [0.1, 0.15) is 17.3 Å². The van der Waals surface area contributed by atoms with E-state index in [2.05, 4.69) is 37.2 Å². The summed E-state index contributed by atoms with van der Waals surface area (Å²) in [4.78, 5) is 39.1. The number of ether oxygens (including phenoxy) is 2. The summed E-state index contributed by atoms with van der Waals surface area (Å²) in [7, 11) is 0. The van der Waals surface area contributed by atoms with Crippen LogP contribution in [-0.2, 0) is 19.1 Å². The fraction of sp³-hybridized carbons (Fsp3) is 0.321. The summed E-state index contributed by atoms with van der Waals surface area (Å²) in [6, 6.07) is 8.95. The third-order valence-corrected chi connectivity index (χ3v) is 8.25. The second kappa shape index (κ2) is 10.8. The summed E-state index contributed by atoms with van der Waals surface area (Å²) in [6.07, 6.45) is 3.54. The Labute approximate surface area is 236 Å². The fourth-order valence-electron chi connectivity index (χ4n) is 5.08. The molecule has 0 fully saturated rings. The average Bonchev–Trinajstić information content (AvgIpc) is 2.84. The molecule has 0 unspecified atom stereocenters. The third kappa shape index (κ3) is 5.29. The molecule has 2 aromatic rings. The van der Waals surface area contributed by atoms with E-state index in [0.29, 0.717) is 74.8 Å². The molecule has 5 rings (SSSR count). The first-order valence-electron chi connectivity index (χ1n) is 12.1. The summed E-state index contributed by atoms with van der Waals surface area (Å²) in [5, 5.41) is 3.35. The van der Waals surface area contributed by atoms with Crippen molar-refractivity contribution in [1.82, 2.24) is 0 Å². The molecule has 0 radical (unpaired) electrons. The average molecular weight is 650 g/mol. The van der Waals surface area contributed by atoms with Crippen molar-refractivity contribution in [3.05, 3.63) is 78.1 Å². The summed E-state index contributed by atoms with van der Waals surface area (Å²) in [5.74, 6) is 0.677. The van der Waals surface area contributed by atoms with Crippen LogP contribution in [0.1, 0.15) is 55.6 Å². The van der Waals surface area contributed by atoms with Crippen LogP contribution in [0.15, 0.2) is 61.9 Å². The zero-order chi connectivity index (χ0) is 26.3. The van der Waals surface area contributed by atoms with E-state index >= 15 is 0 Å². The highest BCUT2D eigenvalue weighted by Crippen LogP contribution is 2.51. The van der Waals surface area contributed by atoms with Crippen molar-refractivity contribution in [2.45, 2.75) is 51.4 Å². The number of benzene rings is 2. The standard InChI is InChI=1S/C28H24Br2ClNO5/c1-14-8-9-16(12-19(14)31)32-24(35)13-36-28-17(10-15(29)11-18(28)30)25-26-20(33)4-2-6-22(26)37-23-7-3-5-21(34)27(23)25/h8-12,25H,2-7,13H2,1H3,(H,32,35). The minimum atomic E-state index is -0.609. The van der Waals surface area contributed by atoms with Gasteiger partial charge >= 0.3 is 0 Å². The fourth-order valence-corrected chi connectivity index (χ4v) is 6.63. The normalized spacial score (nSPS) is 17.8. The number of carbonyl (C=O) groups excluding carboxylic acids is 3. The van der Waals surface area contributed by atoms with E-state index in [1.165, 1.54) is 0 Å². The Hall–Kier alpha value is -2.42. The van der Waals surface area contributed by atoms with Crippen molar-refractivity contribution in [2.75, 3.05) is 11.9 Å². The molecule has 1 heterocycles. The molecule has 37 heavy (non-hydrogen) atoms. The van der Waals surface area contributed by atoms with Gasteiger partial charge < -0.3 is 14.8 Å². The van der Waals surface area contributed by atoms with Crippen LogP contribution in [0, 0.1) is 6.92 Å². The van der Waals surface area contributed by atoms with Crippen molar-refractivity contribution < 1.29 is 23.9 Å². The van der Waals surface area contributed by atoms with Gasteiger partial charge in [-0.1, -0.05) is 33.6 Å². The largest absolute Gasteiger partial charge is 0.482 e. The third-order valence-electron chi connectivity index (χ3n) is 6.79. The maximum atomic E-state index is 13.2. The molecule has 192 valence electrons. The summed E-state index contributed by atoms with van der Waals surface area (Å²) in [5.41, 5.74) is 3.16. The highest BCUT2D eigenvalue weighted by atomic mass is 79.9. The van der Waals surface area contributed by atoms with Crippen LogP contribution < -0.4 is 10.1 Å². The smallest absolute Gasteiger partial charge is 0.262 e. The lowest BCUT2D eigenvalue weighted by Crippen LogP contribution is -2.31. The molecule has 0 saturated heterocycles. The second-order valence-electron chi connectivity index (χ2n) is 9.37. The van der Waals surface area contributed by atoms with E-state index in [0.717, 1.165) is 22.9 Å². The van der Waals surface area contributed by atoms with E-state index in [-0.39, 0.29) is 24.1 Å². The first kappa shape index (κ1) is 26.2. The molecule has 0 saturated carbocycles. The summed E-state index contributed by atoms with van der Waals surface area (Å²) >= 11 is 13.3. The predicted octanol–water partition coefficient (Wildman–Crippen LogP) is 7.32. The molecular weight excluding hydrogens is 626 g/mol. The molecular formula is C28H24Br2ClNO5. The Morgan fingerprint density at radius 1 is 1.03 bits per heavy atom. The first-order valence-corrected chi connectivity index (χ1v) is 14.1. The van der Waals surface area contributed by atoms with E-state index in [1.54, 1.807) is 12.1 Å². The molecule has 1 amide bonds. The molecule has 1 N–H and O–H groups in total.